The number of carbonyl (C=O) groups excluding carboxylic acids is 1. The molecule has 0 saturated carbocycles. The average Bonchev–Trinajstić information content (AvgIpc) is 3.27. The maximum Gasteiger partial charge on any atom is 0.243 e. The fraction of sp³-hybridized carbons (Fsp3) is 0.650. The van der Waals surface area contributed by atoms with Crippen molar-refractivity contribution in [2.75, 3.05) is 39.3 Å². The molecule has 0 spiro atoms. The second-order valence-electron chi connectivity index (χ2n) is 7.96. The number of hydrogen-bond donors (Lipinski definition) is 2. The second kappa shape index (κ2) is 9.95. The van der Waals surface area contributed by atoms with Gasteiger partial charge in [0.15, 0.2) is 0 Å². The lowest BCUT2D eigenvalue weighted by Crippen LogP contribution is -2.47. The fourth-order valence-electron chi connectivity index (χ4n) is 4.12. The van der Waals surface area contributed by atoms with Crippen LogP contribution in [0.2, 0.25) is 0 Å². The van der Waals surface area contributed by atoms with Crippen molar-refractivity contribution in [2.24, 2.45) is 5.92 Å². The molecule has 11 heteroatoms. The van der Waals surface area contributed by atoms with Gasteiger partial charge >= 0.3 is 0 Å². The van der Waals surface area contributed by atoms with Crippen molar-refractivity contribution in [3.8, 4) is 0 Å². The zero-order valence-corrected chi connectivity index (χ0v) is 19.7. The van der Waals surface area contributed by atoms with Gasteiger partial charge in [-0.25, -0.2) is 16.8 Å². The van der Waals surface area contributed by atoms with Crippen LogP contribution in [0.3, 0.4) is 0 Å². The van der Waals surface area contributed by atoms with Crippen molar-refractivity contribution < 1.29 is 21.6 Å². The van der Waals surface area contributed by atoms with E-state index in [-0.39, 0.29) is 34.2 Å². The number of benzene rings is 1. The van der Waals surface area contributed by atoms with E-state index in [1.54, 1.807) is 13.8 Å². The number of piperidine rings is 1. The van der Waals surface area contributed by atoms with E-state index in [0.717, 1.165) is 19.5 Å². The van der Waals surface area contributed by atoms with Crippen molar-refractivity contribution in [1.82, 2.24) is 19.2 Å². The summed E-state index contributed by atoms with van der Waals surface area (Å²) in [7, 11) is -7.47. The Morgan fingerprint density at radius 3 is 2.32 bits per heavy atom. The van der Waals surface area contributed by atoms with E-state index >= 15 is 0 Å². The van der Waals surface area contributed by atoms with Gasteiger partial charge in [-0.3, -0.25) is 4.79 Å². The molecule has 3 rings (SSSR count). The Bertz CT molecular complexity index is 969. The van der Waals surface area contributed by atoms with E-state index in [4.69, 9.17) is 0 Å². The van der Waals surface area contributed by atoms with Crippen molar-refractivity contribution in [3.63, 3.8) is 0 Å². The lowest BCUT2D eigenvalue weighted by molar-refractivity contribution is -0.126. The molecule has 2 heterocycles. The van der Waals surface area contributed by atoms with Gasteiger partial charge in [-0.05, 0) is 50.1 Å². The molecular formula is C20H32N4O5S2. The van der Waals surface area contributed by atoms with Gasteiger partial charge in [-0.1, -0.05) is 13.8 Å². The van der Waals surface area contributed by atoms with E-state index in [1.165, 1.54) is 32.9 Å². The van der Waals surface area contributed by atoms with Crippen LogP contribution in [0.15, 0.2) is 34.1 Å². The van der Waals surface area contributed by atoms with Crippen LogP contribution in [0.1, 0.15) is 33.1 Å². The summed E-state index contributed by atoms with van der Waals surface area (Å²) in [6, 6.07) is 5.43. The van der Waals surface area contributed by atoms with Gasteiger partial charge in [0.2, 0.25) is 26.0 Å². The Hall–Kier alpha value is -1.53. The minimum atomic E-state index is -3.82. The highest BCUT2D eigenvalue weighted by molar-refractivity contribution is 7.89. The molecule has 1 aromatic rings. The summed E-state index contributed by atoms with van der Waals surface area (Å²) in [6.45, 7) is 6.28. The number of sulfonamides is 2. The Balaban J connectivity index is 1.72. The molecule has 9 nitrogen and oxygen atoms in total. The molecule has 0 aliphatic carbocycles. The first-order valence-corrected chi connectivity index (χ1v) is 13.7. The van der Waals surface area contributed by atoms with E-state index in [1.807, 2.05) is 0 Å². The molecule has 31 heavy (non-hydrogen) atoms. The van der Waals surface area contributed by atoms with Crippen molar-refractivity contribution in [1.29, 1.82) is 0 Å². The molecule has 2 atom stereocenters. The van der Waals surface area contributed by atoms with Crippen LogP contribution in [0.5, 0.6) is 0 Å². The Morgan fingerprint density at radius 2 is 1.74 bits per heavy atom. The van der Waals surface area contributed by atoms with Gasteiger partial charge in [0, 0.05) is 38.8 Å². The monoisotopic (exact) mass is 472 g/mol. The zero-order valence-electron chi connectivity index (χ0n) is 18.1. The molecule has 0 unspecified atom stereocenters. The summed E-state index contributed by atoms with van der Waals surface area (Å²) < 4.78 is 54.2. The van der Waals surface area contributed by atoms with Crippen LogP contribution in [0, 0.1) is 5.92 Å². The summed E-state index contributed by atoms with van der Waals surface area (Å²) in [5, 5.41) is 6.21. The third-order valence-electron chi connectivity index (χ3n) is 5.97. The van der Waals surface area contributed by atoms with Gasteiger partial charge in [-0.15, -0.1) is 0 Å². The molecule has 2 fully saturated rings. The van der Waals surface area contributed by atoms with Crippen LogP contribution in [-0.4, -0.2) is 76.7 Å². The Labute approximate surface area is 185 Å². The smallest absolute Gasteiger partial charge is 0.243 e. The van der Waals surface area contributed by atoms with Crippen molar-refractivity contribution in [2.45, 2.75) is 48.9 Å². The first kappa shape index (κ1) is 24.1. The third kappa shape index (κ3) is 5.28. The van der Waals surface area contributed by atoms with Crippen LogP contribution in [0.4, 0.5) is 0 Å². The van der Waals surface area contributed by atoms with E-state index in [9.17, 15) is 21.6 Å². The molecular weight excluding hydrogens is 440 g/mol. The highest BCUT2D eigenvalue weighted by Crippen LogP contribution is 2.25. The molecule has 2 aliphatic rings. The number of hydrogen-bond acceptors (Lipinski definition) is 6. The van der Waals surface area contributed by atoms with Gasteiger partial charge < -0.3 is 10.6 Å². The number of carbonyl (C=O) groups is 1. The van der Waals surface area contributed by atoms with Crippen LogP contribution < -0.4 is 10.6 Å². The molecule has 1 amide bonds. The van der Waals surface area contributed by atoms with Gasteiger partial charge in [-0.2, -0.15) is 8.61 Å². The number of rotatable bonds is 8. The third-order valence-corrected chi connectivity index (χ3v) is 9.91. The van der Waals surface area contributed by atoms with E-state index in [2.05, 4.69) is 10.6 Å². The second-order valence-corrected chi connectivity index (χ2v) is 11.8. The highest BCUT2D eigenvalue weighted by atomic mass is 32.2. The minimum Gasteiger partial charge on any atom is -0.352 e. The first-order valence-electron chi connectivity index (χ1n) is 10.8. The number of nitrogens with one attached hydrogen (secondary N) is 2. The summed E-state index contributed by atoms with van der Waals surface area (Å²) in [5.41, 5.74) is 0. The minimum absolute atomic E-state index is 0.0343. The number of amides is 1. The predicted octanol–water partition coefficient (Wildman–Crippen LogP) is 0.596. The summed E-state index contributed by atoms with van der Waals surface area (Å²) in [4.78, 5) is 12.7. The first-order chi connectivity index (χ1) is 14.7. The molecule has 1 aromatic carbocycles. The normalized spacial score (nSPS) is 23.2. The van der Waals surface area contributed by atoms with Crippen LogP contribution in [-0.2, 0) is 24.8 Å². The maximum atomic E-state index is 13.1. The molecule has 2 aliphatic heterocycles. The molecule has 0 aromatic heterocycles. The predicted molar refractivity (Wildman–Crippen MR) is 117 cm³/mol. The summed E-state index contributed by atoms with van der Waals surface area (Å²) in [6.07, 6.45) is 2.14. The topological polar surface area (TPSA) is 116 Å². The molecule has 2 N–H and O–H groups in total. The number of nitrogens with zero attached hydrogens (tertiary/aromatic N) is 2. The van der Waals surface area contributed by atoms with Gasteiger partial charge in [0.05, 0.1) is 15.7 Å². The van der Waals surface area contributed by atoms with Crippen molar-refractivity contribution in [3.05, 3.63) is 24.3 Å². The molecule has 0 bridgehead atoms. The lowest BCUT2D eigenvalue weighted by atomic mass is 9.98. The average molecular weight is 473 g/mol. The van der Waals surface area contributed by atoms with Crippen molar-refractivity contribution >= 4 is 26.0 Å². The Morgan fingerprint density at radius 1 is 1.10 bits per heavy atom. The van der Waals surface area contributed by atoms with E-state index in [0.29, 0.717) is 32.5 Å². The fourth-order valence-corrected chi connectivity index (χ4v) is 7.10. The zero-order chi connectivity index (χ0) is 22.6. The quantitative estimate of drug-likeness (QED) is 0.572. The molecule has 174 valence electrons. The van der Waals surface area contributed by atoms with Gasteiger partial charge in [0.1, 0.15) is 0 Å². The summed E-state index contributed by atoms with van der Waals surface area (Å²) >= 11 is 0. The SMILES string of the molecule is CCN(CC)S(=O)(=O)c1ccc(S(=O)(=O)N2CCC[C@@H](C(=O)N[C@@H]3CCNC3)C2)cc1. The van der Waals surface area contributed by atoms with E-state index < -0.39 is 20.0 Å². The standard InChI is InChI=1S/C20H32N4O5S2/c1-3-23(4-2)30(26,27)18-7-9-19(10-8-18)31(28,29)24-13-5-6-16(15-24)20(25)22-17-11-12-21-14-17/h7-10,16-17,21H,3-6,11-15H2,1-2H3,(H,22,25)/t16-,17-/m1/s1. The Kier molecular flexibility index (Phi) is 7.74. The van der Waals surface area contributed by atoms with Gasteiger partial charge in [0.25, 0.3) is 0 Å². The largest absolute Gasteiger partial charge is 0.352 e. The maximum absolute atomic E-state index is 13.1. The summed E-state index contributed by atoms with van der Waals surface area (Å²) in [5.74, 6) is -0.485. The van der Waals surface area contributed by atoms with Crippen LogP contribution >= 0.6 is 0 Å². The molecule has 0 radical (unpaired) electrons. The highest BCUT2D eigenvalue weighted by Gasteiger charge is 2.34. The lowest BCUT2D eigenvalue weighted by Gasteiger charge is -2.31. The molecule has 2 saturated heterocycles. The van der Waals surface area contributed by atoms with Crippen LogP contribution in [0.25, 0.3) is 0 Å².